The number of carbonyl (C=O) groups is 1. The van der Waals surface area contributed by atoms with Gasteiger partial charge in [-0.1, -0.05) is 31.4 Å². The van der Waals surface area contributed by atoms with E-state index in [1.54, 1.807) is 41.3 Å². The number of aromatic nitrogens is 1. The molecule has 0 unspecified atom stereocenters. The zero-order valence-corrected chi connectivity index (χ0v) is 19.4. The molecule has 1 aliphatic heterocycles. The van der Waals surface area contributed by atoms with Crippen LogP contribution in [0.25, 0.3) is 17.0 Å². The number of amides is 1. The van der Waals surface area contributed by atoms with Gasteiger partial charge < -0.3 is 26.6 Å². The van der Waals surface area contributed by atoms with E-state index in [2.05, 4.69) is 28.4 Å². The molecular formula is C26H31FN6O. The summed E-state index contributed by atoms with van der Waals surface area (Å²) in [6, 6.07) is 9.82. The van der Waals surface area contributed by atoms with Crippen LogP contribution in [0.15, 0.2) is 79.2 Å². The van der Waals surface area contributed by atoms with Crippen molar-refractivity contribution in [2.24, 2.45) is 5.73 Å². The third-order valence-corrected chi connectivity index (χ3v) is 5.60. The maximum absolute atomic E-state index is 14.3. The number of pyridine rings is 1. The predicted octanol–water partition coefficient (Wildman–Crippen LogP) is 3.11. The number of anilines is 1. The summed E-state index contributed by atoms with van der Waals surface area (Å²) in [4.78, 5) is 20.4. The molecule has 3 rings (SSSR count). The normalized spacial score (nSPS) is 14.7. The topological polar surface area (TPSA) is 101 Å². The first kappa shape index (κ1) is 24.7. The van der Waals surface area contributed by atoms with Crippen LogP contribution in [-0.2, 0) is 4.79 Å². The van der Waals surface area contributed by atoms with Gasteiger partial charge in [0.1, 0.15) is 11.5 Å². The number of nitrogens with two attached hydrogens (primary N) is 2. The van der Waals surface area contributed by atoms with E-state index in [0.717, 1.165) is 11.4 Å². The third kappa shape index (κ3) is 5.52. The first-order valence-electron chi connectivity index (χ1n) is 11.1. The average Bonchev–Trinajstić information content (AvgIpc) is 2.86. The Morgan fingerprint density at radius 3 is 2.47 bits per heavy atom. The van der Waals surface area contributed by atoms with Gasteiger partial charge in [0, 0.05) is 31.7 Å². The standard InChI is InChI=1S/C26H31FN6O/c1-4-8-24(32-13-15-33(16-14-32)25(34)17-28)22(5-2)30-18(3)26-21(29)11-12-23(31-26)19-9-6-7-10-20(19)27/h4-12,30H,2-3,13-17,28-29H2,1H3/b8-4-,24-22-. The Balaban J connectivity index is 1.87. The van der Waals surface area contributed by atoms with Crippen LogP contribution in [0.5, 0.6) is 0 Å². The van der Waals surface area contributed by atoms with Crippen molar-refractivity contribution in [3.05, 3.63) is 90.7 Å². The first-order chi connectivity index (χ1) is 16.4. The van der Waals surface area contributed by atoms with E-state index in [-0.39, 0.29) is 18.3 Å². The van der Waals surface area contributed by atoms with Crippen LogP contribution in [-0.4, -0.2) is 53.4 Å². The fourth-order valence-corrected chi connectivity index (χ4v) is 3.82. The smallest absolute Gasteiger partial charge is 0.236 e. The van der Waals surface area contributed by atoms with E-state index in [9.17, 15) is 9.18 Å². The SMILES string of the molecule is C=C/C(NC(=C)c1nc(-c2ccccc2F)ccc1N)=C(\C=C/C)N1CCN(C(=O)CN)CC1. The van der Waals surface area contributed by atoms with Gasteiger partial charge in [0.05, 0.1) is 35.0 Å². The Morgan fingerprint density at radius 1 is 1.18 bits per heavy atom. The zero-order valence-electron chi connectivity index (χ0n) is 19.4. The van der Waals surface area contributed by atoms with Gasteiger partial charge in [-0.2, -0.15) is 0 Å². The highest BCUT2D eigenvalue weighted by atomic mass is 19.1. The monoisotopic (exact) mass is 462 g/mol. The molecule has 2 heterocycles. The summed E-state index contributed by atoms with van der Waals surface area (Å²) >= 11 is 0. The van der Waals surface area contributed by atoms with Crippen LogP contribution < -0.4 is 16.8 Å². The van der Waals surface area contributed by atoms with E-state index in [0.29, 0.717) is 54.5 Å². The van der Waals surface area contributed by atoms with E-state index < -0.39 is 0 Å². The summed E-state index contributed by atoms with van der Waals surface area (Å²) in [5, 5.41) is 3.28. The van der Waals surface area contributed by atoms with Crippen molar-refractivity contribution in [1.82, 2.24) is 20.1 Å². The van der Waals surface area contributed by atoms with Gasteiger partial charge in [0.15, 0.2) is 0 Å². The van der Waals surface area contributed by atoms with E-state index >= 15 is 0 Å². The number of hydrogen-bond donors (Lipinski definition) is 3. The molecule has 0 saturated carbocycles. The minimum atomic E-state index is -0.362. The molecule has 5 N–H and O–H groups in total. The Labute approximate surface area is 199 Å². The molecule has 0 bridgehead atoms. The van der Waals surface area contributed by atoms with Crippen LogP contribution in [0.4, 0.5) is 10.1 Å². The fourth-order valence-electron chi connectivity index (χ4n) is 3.82. The van der Waals surface area contributed by atoms with Gasteiger partial charge in [-0.25, -0.2) is 9.37 Å². The minimum Gasteiger partial charge on any atom is -0.397 e. The molecule has 0 radical (unpaired) electrons. The molecule has 8 heteroatoms. The van der Waals surface area contributed by atoms with Crippen LogP contribution in [0.1, 0.15) is 12.6 Å². The largest absolute Gasteiger partial charge is 0.397 e. The third-order valence-electron chi connectivity index (χ3n) is 5.60. The lowest BCUT2D eigenvalue weighted by molar-refractivity contribution is -0.131. The number of allylic oxidation sites excluding steroid dienone is 3. The van der Waals surface area contributed by atoms with Gasteiger partial charge in [0.25, 0.3) is 0 Å². The highest BCUT2D eigenvalue weighted by Gasteiger charge is 2.22. The number of benzene rings is 1. The molecule has 1 amide bonds. The number of rotatable bonds is 8. The van der Waals surface area contributed by atoms with Crippen molar-refractivity contribution in [1.29, 1.82) is 0 Å². The average molecular weight is 463 g/mol. The Kier molecular flexibility index (Phi) is 8.21. The van der Waals surface area contributed by atoms with Crippen molar-refractivity contribution in [3.63, 3.8) is 0 Å². The van der Waals surface area contributed by atoms with Gasteiger partial charge >= 0.3 is 0 Å². The Hall–Kier alpha value is -3.91. The summed E-state index contributed by atoms with van der Waals surface area (Å²) < 4.78 is 14.3. The second-order valence-electron chi connectivity index (χ2n) is 7.79. The molecule has 1 aromatic heterocycles. The summed E-state index contributed by atoms with van der Waals surface area (Å²) in [7, 11) is 0. The molecule has 178 valence electrons. The zero-order chi connectivity index (χ0) is 24.7. The van der Waals surface area contributed by atoms with Crippen LogP contribution >= 0.6 is 0 Å². The van der Waals surface area contributed by atoms with Crippen molar-refractivity contribution in [2.45, 2.75) is 6.92 Å². The maximum atomic E-state index is 14.3. The lowest BCUT2D eigenvalue weighted by Crippen LogP contribution is -2.50. The molecule has 1 saturated heterocycles. The van der Waals surface area contributed by atoms with Crippen molar-refractivity contribution < 1.29 is 9.18 Å². The van der Waals surface area contributed by atoms with Crippen molar-refractivity contribution >= 4 is 17.3 Å². The predicted molar refractivity (Wildman–Crippen MR) is 135 cm³/mol. The number of nitrogens with zero attached hydrogens (tertiary/aromatic N) is 3. The molecule has 34 heavy (non-hydrogen) atoms. The molecular weight excluding hydrogens is 431 g/mol. The van der Waals surface area contributed by atoms with E-state index in [4.69, 9.17) is 11.5 Å². The van der Waals surface area contributed by atoms with Crippen LogP contribution in [0.3, 0.4) is 0 Å². The van der Waals surface area contributed by atoms with Gasteiger partial charge in [0.2, 0.25) is 5.91 Å². The molecule has 2 aromatic rings. The molecule has 1 aromatic carbocycles. The minimum absolute atomic E-state index is 0.0111. The van der Waals surface area contributed by atoms with Gasteiger partial charge in [-0.15, -0.1) is 0 Å². The summed E-state index contributed by atoms with van der Waals surface area (Å²) in [6.07, 6.45) is 5.62. The summed E-state index contributed by atoms with van der Waals surface area (Å²) in [5.74, 6) is -0.415. The molecule has 1 aliphatic rings. The number of halogens is 1. The molecule has 0 aliphatic carbocycles. The molecule has 1 fully saturated rings. The fraction of sp³-hybridized carbons (Fsp3) is 0.231. The van der Waals surface area contributed by atoms with E-state index in [1.807, 2.05) is 19.1 Å². The van der Waals surface area contributed by atoms with Crippen LogP contribution in [0.2, 0.25) is 0 Å². The lowest BCUT2D eigenvalue weighted by atomic mass is 10.1. The second kappa shape index (κ2) is 11.3. The van der Waals surface area contributed by atoms with Gasteiger partial charge in [-0.3, -0.25) is 4.79 Å². The van der Waals surface area contributed by atoms with Gasteiger partial charge in [-0.05, 0) is 43.3 Å². The lowest BCUT2D eigenvalue weighted by Gasteiger charge is -2.37. The summed E-state index contributed by atoms with van der Waals surface area (Å²) in [6.45, 7) is 12.5. The number of carbonyl (C=O) groups excluding carboxylic acids is 1. The molecule has 0 atom stereocenters. The van der Waals surface area contributed by atoms with Crippen molar-refractivity contribution in [3.8, 4) is 11.3 Å². The maximum Gasteiger partial charge on any atom is 0.236 e. The molecule has 7 nitrogen and oxygen atoms in total. The first-order valence-corrected chi connectivity index (χ1v) is 11.1. The Bertz CT molecular complexity index is 1130. The van der Waals surface area contributed by atoms with Crippen molar-refractivity contribution in [2.75, 3.05) is 38.5 Å². The van der Waals surface area contributed by atoms with Crippen LogP contribution in [0, 0.1) is 5.82 Å². The summed E-state index contributed by atoms with van der Waals surface area (Å²) in [5.41, 5.74) is 15.5. The quantitative estimate of drug-likeness (QED) is 0.521. The number of hydrogen-bond acceptors (Lipinski definition) is 6. The highest BCUT2D eigenvalue weighted by Crippen LogP contribution is 2.26. The Morgan fingerprint density at radius 2 is 1.85 bits per heavy atom. The number of piperazine rings is 1. The second-order valence-corrected chi connectivity index (χ2v) is 7.79. The van der Waals surface area contributed by atoms with E-state index in [1.165, 1.54) is 6.07 Å². The number of nitrogens with one attached hydrogen (secondary N) is 1. The highest BCUT2D eigenvalue weighted by molar-refractivity contribution is 5.78. The number of nitrogen functional groups attached to an aromatic ring is 1. The molecule has 0 spiro atoms.